The number of ether oxygens (including phenoxy) is 5. The van der Waals surface area contributed by atoms with Gasteiger partial charge in [-0.3, -0.25) is 14.5 Å². The third-order valence-corrected chi connectivity index (χ3v) is 12.3. The summed E-state index contributed by atoms with van der Waals surface area (Å²) in [6, 6.07) is 0.862. The van der Waals surface area contributed by atoms with E-state index in [1.165, 1.54) is 0 Å². The molecule has 1 unspecified atom stereocenters. The Labute approximate surface area is 278 Å². The molecule has 4 saturated heterocycles. The Morgan fingerprint density at radius 2 is 1.74 bits per heavy atom. The summed E-state index contributed by atoms with van der Waals surface area (Å²) in [4.78, 5) is 35.1. The normalized spacial score (nSPS) is 44.4. The van der Waals surface area contributed by atoms with Crippen LogP contribution in [-0.4, -0.2) is 136 Å². The number of esters is 1. The van der Waals surface area contributed by atoms with Crippen molar-refractivity contribution in [1.82, 2.24) is 14.7 Å². The lowest BCUT2D eigenvalue weighted by molar-refractivity contribution is -0.325. The number of fused-ring (bicyclic) bond motifs is 2. The van der Waals surface area contributed by atoms with Crippen LogP contribution in [0, 0.1) is 29.1 Å². The fourth-order valence-electron chi connectivity index (χ4n) is 9.50. The molecule has 5 fully saturated rings. The Hall–Kier alpha value is -1.14. The lowest BCUT2D eigenvalue weighted by Crippen LogP contribution is -2.65. The molecule has 1 saturated carbocycles. The van der Waals surface area contributed by atoms with Crippen molar-refractivity contribution in [1.29, 1.82) is 0 Å². The monoisotopic (exact) mass is 649 g/mol. The molecule has 1 aliphatic carbocycles. The van der Waals surface area contributed by atoms with Crippen LogP contribution in [0.15, 0.2) is 0 Å². The summed E-state index contributed by atoms with van der Waals surface area (Å²) in [5.41, 5.74) is -2.02. The molecule has 0 radical (unpaired) electrons. The summed E-state index contributed by atoms with van der Waals surface area (Å²) >= 11 is 0. The zero-order valence-corrected chi connectivity index (χ0v) is 30.3. The largest absolute Gasteiger partial charge is 0.463 e. The predicted molar refractivity (Wildman–Crippen MR) is 176 cm³/mol. The van der Waals surface area contributed by atoms with Crippen LogP contribution in [0.4, 0.5) is 0 Å². The van der Waals surface area contributed by atoms with E-state index < -0.39 is 35.3 Å². The summed E-state index contributed by atoms with van der Waals surface area (Å²) < 4.78 is 31.7. The van der Waals surface area contributed by atoms with Gasteiger partial charge in [-0.05, 0) is 106 Å². The molecule has 264 valence electrons. The maximum Gasteiger partial charge on any atom is 0.319 e. The van der Waals surface area contributed by atoms with Gasteiger partial charge in [0.1, 0.15) is 12.0 Å². The quantitative estimate of drug-likeness (QED) is 0.312. The summed E-state index contributed by atoms with van der Waals surface area (Å²) in [7, 11) is 10.4. The average Bonchev–Trinajstić information content (AvgIpc) is 3.48. The highest BCUT2D eigenvalue weighted by molar-refractivity contribution is 6.04. The van der Waals surface area contributed by atoms with E-state index >= 15 is 0 Å². The molecule has 0 amide bonds. The first-order valence-electron chi connectivity index (χ1n) is 17.9. The molecule has 0 aromatic carbocycles. The Morgan fingerprint density at radius 3 is 2.37 bits per heavy atom. The number of carbonyl (C=O) groups excluding carboxylic acids is 2. The predicted octanol–water partition coefficient (Wildman–Crippen LogP) is 3.85. The van der Waals surface area contributed by atoms with Crippen LogP contribution in [0.3, 0.4) is 0 Å². The number of methoxy groups -OCH3 is 1. The van der Waals surface area contributed by atoms with E-state index in [2.05, 4.69) is 56.7 Å². The van der Waals surface area contributed by atoms with E-state index in [-0.39, 0.29) is 42.4 Å². The summed E-state index contributed by atoms with van der Waals surface area (Å²) in [6.45, 7) is 12.6. The van der Waals surface area contributed by atoms with Gasteiger partial charge >= 0.3 is 5.97 Å². The van der Waals surface area contributed by atoms with Gasteiger partial charge in [0.2, 0.25) is 0 Å². The molecule has 46 heavy (non-hydrogen) atoms. The maximum absolute atomic E-state index is 14.3. The van der Waals surface area contributed by atoms with Gasteiger partial charge < -0.3 is 33.5 Å². The molecule has 4 heterocycles. The van der Waals surface area contributed by atoms with Crippen molar-refractivity contribution in [3.63, 3.8) is 0 Å². The third-order valence-electron chi connectivity index (χ3n) is 12.3. The third kappa shape index (κ3) is 7.24. The van der Waals surface area contributed by atoms with Crippen LogP contribution in [-0.2, 0) is 33.3 Å². The minimum absolute atomic E-state index is 0.0438. The van der Waals surface area contributed by atoms with Gasteiger partial charge in [-0.25, -0.2) is 0 Å². The highest BCUT2D eigenvalue weighted by Gasteiger charge is 2.58. The van der Waals surface area contributed by atoms with Gasteiger partial charge in [-0.2, -0.15) is 0 Å². The maximum atomic E-state index is 14.3. The Kier molecular flexibility index (Phi) is 11.3. The van der Waals surface area contributed by atoms with Crippen LogP contribution in [0.1, 0.15) is 79.6 Å². The first-order chi connectivity index (χ1) is 21.7. The second-order valence-electron chi connectivity index (χ2n) is 16.4. The molecule has 5 aliphatic rings. The van der Waals surface area contributed by atoms with Gasteiger partial charge in [-0.1, -0.05) is 13.8 Å². The number of hydrogen-bond acceptors (Lipinski definition) is 10. The Balaban J connectivity index is 1.39. The minimum atomic E-state index is -1.32. The Morgan fingerprint density at radius 1 is 1.02 bits per heavy atom. The number of nitrogens with zero attached hydrogens (tertiary/aromatic N) is 3. The van der Waals surface area contributed by atoms with Crippen molar-refractivity contribution < 1.29 is 33.3 Å². The number of hydrogen-bond donors (Lipinski definition) is 0. The molecule has 10 atom stereocenters. The summed E-state index contributed by atoms with van der Waals surface area (Å²) in [5.74, 6) is -0.457. The first kappa shape index (κ1) is 36.1. The van der Waals surface area contributed by atoms with E-state index in [1.807, 2.05) is 6.92 Å². The molecular formula is C36H63N3O7. The molecule has 0 N–H and O–H groups in total. The lowest BCUT2D eigenvalue weighted by atomic mass is 9.67. The second kappa shape index (κ2) is 14.4. The van der Waals surface area contributed by atoms with Crippen molar-refractivity contribution in [3.05, 3.63) is 0 Å². The number of carbonyl (C=O) groups is 2. The molecule has 10 heteroatoms. The molecule has 0 aromatic rings. The fraction of sp³-hybridized carbons (Fsp3) is 0.944. The van der Waals surface area contributed by atoms with Crippen LogP contribution < -0.4 is 0 Å². The number of cyclic esters (lactones) is 1. The molecule has 0 spiro atoms. The van der Waals surface area contributed by atoms with Crippen molar-refractivity contribution in [2.75, 3.05) is 61.6 Å². The highest BCUT2D eigenvalue weighted by Crippen LogP contribution is 2.49. The van der Waals surface area contributed by atoms with Gasteiger partial charge in [0.25, 0.3) is 0 Å². The molecule has 0 bridgehead atoms. The van der Waals surface area contributed by atoms with Gasteiger partial charge in [0, 0.05) is 56.8 Å². The van der Waals surface area contributed by atoms with E-state index in [4.69, 9.17) is 23.7 Å². The fourth-order valence-corrected chi connectivity index (χ4v) is 9.50. The lowest BCUT2D eigenvalue weighted by Gasteiger charge is -2.56. The SMILES string of the molecule is CO[C@]12C[C@@H](C)CN(C)[C@H]([C@H]3C[C@@H](N(C)CC4CCCO4)C3)COC(=O)C(C)(C)C(=O)[C@H](C)[C@H]1O[C@@H]1O[C@H](C)C[C@H](N(C)C)[C@H]1C2. The molecule has 5 rings (SSSR count). The van der Waals surface area contributed by atoms with Crippen molar-refractivity contribution in [3.8, 4) is 0 Å². The average molecular weight is 650 g/mol. The Bertz CT molecular complexity index is 1060. The van der Waals surface area contributed by atoms with Crippen LogP contribution >= 0.6 is 0 Å². The van der Waals surface area contributed by atoms with E-state index in [0.717, 1.165) is 64.6 Å². The van der Waals surface area contributed by atoms with Crippen molar-refractivity contribution in [2.24, 2.45) is 29.1 Å². The molecule has 4 aliphatic heterocycles. The smallest absolute Gasteiger partial charge is 0.319 e. The van der Waals surface area contributed by atoms with Gasteiger partial charge in [0.05, 0.1) is 23.9 Å². The van der Waals surface area contributed by atoms with Crippen molar-refractivity contribution in [2.45, 2.75) is 128 Å². The van der Waals surface area contributed by atoms with Crippen LogP contribution in [0.5, 0.6) is 0 Å². The number of likely N-dealkylation sites (N-methyl/N-ethyl adjacent to an activating group) is 2. The minimum Gasteiger partial charge on any atom is -0.463 e. The zero-order chi connectivity index (χ0) is 33.6. The van der Waals surface area contributed by atoms with E-state index in [1.54, 1.807) is 21.0 Å². The topological polar surface area (TPSA) is 90.0 Å². The van der Waals surface area contributed by atoms with Crippen molar-refractivity contribution >= 4 is 11.8 Å². The molecule has 0 aromatic heterocycles. The standard InChI is InChI=1S/C36H63N3O7/c1-22-17-36(42-10)18-28-29(37(6)7)14-23(2)45-33(28)46-32(36)24(3)31(40)35(4,5)34(41)44-21-30(39(9)19-22)25-15-26(16-25)38(8)20-27-12-11-13-43-27/h22-30,32-33H,11-21H2,1-10H3/t22-,23-,24+,25-,26+,27?,28-,29+,30+,32-,33+,36+/m1/s1. The molecule has 10 nitrogen and oxygen atoms in total. The molecular weight excluding hydrogens is 586 g/mol. The first-order valence-corrected chi connectivity index (χ1v) is 17.9. The number of Topliss-reactive ketones (excluding diaryl/α,β-unsaturated/α-hetero) is 1. The second-order valence-corrected chi connectivity index (χ2v) is 16.4. The summed E-state index contributed by atoms with van der Waals surface area (Å²) in [6.07, 6.45) is 6.22. The zero-order valence-electron chi connectivity index (χ0n) is 30.3. The summed E-state index contributed by atoms with van der Waals surface area (Å²) in [5, 5.41) is 0. The van der Waals surface area contributed by atoms with Gasteiger partial charge in [-0.15, -0.1) is 0 Å². The number of ketones is 1. The highest BCUT2D eigenvalue weighted by atomic mass is 16.7. The van der Waals surface area contributed by atoms with E-state index in [0.29, 0.717) is 18.1 Å². The number of rotatable bonds is 6. The van der Waals surface area contributed by atoms with Crippen LogP contribution in [0.2, 0.25) is 0 Å². The van der Waals surface area contributed by atoms with Crippen LogP contribution in [0.25, 0.3) is 0 Å². The van der Waals surface area contributed by atoms with Gasteiger partial charge in [0.15, 0.2) is 12.1 Å². The van der Waals surface area contributed by atoms with E-state index in [9.17, 15) is 9.59 Å².